The van der Waals surface area contributed by atoms with Crippen molar-refractivity contribution in [2.24, 2.45) is 0 Å². The fraction of sp³-hybridized carbons (Fsp3) is 0. The number of benzene rings is 2. The Morgan fingerprint density at radius 3 is 2.61 bits per heavy atom. The minimum Gasteiger partial charge on any atom is -0.320 e. The molecule has 0 aliphatic carbocycles. The third-order valence-electron chi connectivity index (χ3n) is 2.96. The van der Waals surface area contributed by atoms with Crippen molar-refractivity contribution in [2.75, 3.05) is 5.32 Å². The standard InChI is InChI=1S/C16H9F3N2OS/c17-9-7-11(19)13(8-10(9)18)20-15(22)5-6-16-21-12-3-1-2-4-14(12)23-16/h1-8H,(H,20,22). The Morgan fingerprint density at radius 2 is 1.83 bits per heavy atom. The van der Waals surface area contributed by atoms with Gasteiger partial charge in [0.1, 0.15) is 10.8 Å². The molecule has 3 rings (SSSR count). The number of nitrogens with zero attached hydrogens (tertiary/aromatic N) is 1. The van der Waals surface area contributed by atoms with Crippen LogP contribution in [-0.2, 0) is 4.79 Å². The molecule has 116 valence electrons. The van der Waals surface area contributed by atoms with Crippen LogP contribution < -0.4 is 5.32 Å². The van der Waals surface area contributed by atoms with Crippen molar-refractivity contribution in [1.29, 1.82) is 0 Å². The van der Waals surface area contributed by atoms with Crippen molar-refractivity contribution in [3.63, 3.8) is 0 Å². The van der Waals surface area contributed by atoms with E-state index in [1.807, 2.05) is 24.3 Å². The normalized spacial score (nSPS) is 11.3. The fourth-order valence-corrected chi connectivity index (χ4v) is 2.77. The summed E-state index contributed by atoms with van der Waals surface area (Å²) >= 11 is 1.39. The smallest absolute Gasteiger partial charge is 0.248 e. The quantitative estimate of drug-likeness (QED) is 0.571. The number of halogens is 3. The second-order valence-electron chi connectivity index (χ2n) is 4.59. The highest BCUT2D eigenvalue weighted by atomic mass is 32.1. The number of rotatable bonds is 3. The maximum atomic E-state index is 13.4. The van der Waals surface area contributed by atoms with E-state index in [0.29, 0.717) is 17.1 Å². The Morgan fingerprint density at radius 1 is 1.09 bits per heavy atom. The molecule has 0 atom stereocenters. The van der Waals surface area contributed by atoms with Gasteiger partial charge in [-0.1, -0.05) is 12.1 Å². The van der Waals surface area contributed by atoms with Gasteiger partial charge in [0, 0.05) is 18.2 Å². The molecule has 0 saturated carbocycles. The van der Waals surface area contributed by atoms with Gasteiger partial charge in [0.05, 0.1) is 15.9 Å². The predicted octanol–water partition coefficient (Wildman–Crippen LogP) is 4.37. The van der Waals surface area contributed by atoms with Gasteiger partial charge in [-0.25, -0.2) is 18.2 Å². The molecule has 0 aliphatic heterocycles. The van der Waals surface area contributed by atoms with Gasteiger partial charge < -0.3 is 5.32 Å². The zero-order valence-corrected chi connectivity index (χ0v) is 12.3. The van der Waals surface area contributed by atoms with E-state index >= 15 is 0 Å². The molecule has 0 radical (unpaired) electrons. The van der Waals surface area contributed by atoms with Gasteiger partial charge >= 0.3 is 0 Å². The molecule has 0 bridgehead atoms. The maximum absolute atomic E-state index is 13.4. The second kappa shape index (κ2) is 6.21. The van der Waals surface area contributed by atoms with E-state index in [1.165, 1.54) is 17.4 Å². The number of hydrogen-bond acceptors (Lipinski definition) is 3. The van der Waals surface area contributed by atoms with Crippen molar-refractivity contribution < 1.29 is 18.0 Å². The van der Waals surface area contributed by atoms with Gasteiger partial charge in [-0.15, -0.1) is 11.3 Å². The molecule has 1 heterocycles. The summed E-state index contributed by atoms with van der Waals surface area (Å²) in [7, 11) is 0. The monoisotopic (exact) mass is 334 g/mol. The van der Waals surface area contributed by atoms with Crippen LogP contribution in [0, 0.1) is 17.5 Å². The number of fused-ring (bicyclic) bond motifs is 1. The Labute approximate surface area is 133 Å². The van der Waals surface area contributed by atoms with Crippen molar-refractivity contribution >= 4 is 39.2 Å². The van der Waals surface area contributed by atoms with E-state index in [-0.39, 0.29) is 0 Å². The first kappa shape index (κ1) is 15.2. The van der Waals surface area contributed by atoms with E-state index in [1.54, 1.807) is 0 Å². The van der Waals surface area contributed by atoms with E-state index in [9.17, 15) is 18.0 Å². The van der Waals surface area contributed by atoms with Crippen LogP contribution >= 0.6 is 11.3 Å². The molecule has 23 heavy (non-hydrogen) atoms. The number of aromatic nitrogens is 1. The van der Waals surface area contributed by atoms with Crippen LogP contribution in [-0.4, -0.2) is 10.9 Å². The Kier molecular flexibility index (Phi) is 4.12. The number of carbonyl (C=O) groups is 1. The van der Waals surface area contributed by atoms with Gasteiger partial charge in [-0.3, -0.25) is 4.79 Å². The average molecular weight is 334 g/mol. The van der Waals surface area contributed by atoms with Crippen LogP contribution in [0.25, 0.3) is 16.3 Å². The first-order valence-electron chi connectivity index (χ1n) is 6.52. The first-order valence-corrected chi connectivity index (χ1v) is 7.34. The van der Waals surface area contributed by atoms with E-state index < -0.39 is 29.0 Å². The SMILES string of the molecule is O=C(C=Cc1nc2ccccc2s1)Nc1cc(F)c(F)cc1F. The summed E-state index contributed by atoms with van der Waals surface area (Å²) in [5.41, 5.74) is 0.382. The molecular formula is C16H9F3N2OS. The number of hydrogen-bond donors (Lipinski definition) is 1. The summed E-state index contributed by atoms with van der Waals surface area (Å²) in [4.78, 5) is 16.0. The molecule has 3 aromatic rings. The van der Waals surface area contributed by atoms with Gasteiger partial charge in [0.15, 0.2) is 11.6 Å². The molecule has 1 aromatic heterocycles. The highest BCUT2D eigenvalue weighted by Gasteiger charge is 2.11. The minimum absolute atomic E-state index is 0.377. The van der Waals surface area contributed by atoms with Crippen molar-refractivity contribution in [2.45, 2.75) is 0 Å². The summed E-state index contributed by atoms with van der Waals surface area (Å²) in [6.45, 7) is 0. The zero-order chi connectivity index (χ0) is 16.4. The lowest BCUT2D eigenvalue weighted by Crippen LogP contribution is -2.10. The van der Waals surface area contributed by atoms with Gasteiger partial charge in [-0.05, 0) is 18.2 Å². The molecule has 1 N–H and O–H groups in total. The Bertz CT molecular complexity index is 888. The minimum atomic E-state index is -1.31. The van der Waals surface area contributed by atoms with Crippen molar-refractivity contribution in [3.05, 3.63) is 64.9 Å². The van der Waals surface area contributed by atoms with Gasteiger partial charge in [-0.2, -0.15) is 0 Å². The fourth-order valence-electron chi connectivity index (χ4n) is 1.90. The first-order chi connectivity index (χ1) is 11.0. The molecule has 2 aromatic carbocycles. The topological polar surface area (TPSA) is 42.0 Å². The molecule has 0 aliphatic rings. The Hall–Kier alpha value is -2.67. The van der Waals surface area contributed by atoms with Crippen molar-refractivity contribution in [3.8, 4) is 0 Å². The van der Waals surface area contributed by atoms with Crippen LogP contribution in [0.2, 0.25) is 0 Å². The van der Waals surface area contributed by atoms with Crippen molar-refractivity contribution in [1.82, 2.24) is 4.98 Å². The molecule has 0 fully saturated rings. The highest BCUT2D eigenvalue weighted by Crippen LogP contribution is 2.22. The van der Waals surface area contributed by atoms with Crippen LogP contribution in [0.3, 0.4) is 0 Å². The highest BCUT2D eigenvalue weighted by molar-refractivity contribution is 7.19. The Balaban J connectivity index is 1.75. The van der Waals surface area contributed by atoms with Gasteiger partial charge in [0.2, 0.25) is 5.91 Å². The van der Waals surface area contributed by atoms with E-state index in [2.05, 4.69) is 10.3 Å². The van der Waals surface area contributed by atoms with Crippen LogP contribution in [0.4, 0.5) is 18.9 Å². The largest absolute Gasteiger partial charge is 0.320 e. The lowest BCUT2D eigenvalue weighted by atomic mass is 10.2. The lowest BCUT2D eigenvalue weighted by molar-refractivity contribution is -0.111. The van der Waals surface area contributed by atoms with E-state index in [0.717, 1.165) is 16.3 Å². The molecule has 1 amide bonds. The number of thiazole rings is 1. The van der Waals surface area contributed by atoms with E-state index in [4.69, 9.17) is 0 Å². The lowest BCUT2D eigenvalue weighted by Gasteiger charge is -2.04. The van der Waals surface area contributed by atoms with Crippen LogP contribution in [0.15, 0.2) is 42.5 Å². The average Bonchev–Trinajstić information content (AvgIpc) is 2.93. The number of amides is 1. The van der Waals surface area contributed by atoms with Crippen LogP contribution in [0.5, 0.6) is 0 Å². The summed E-state index contributed by atoms with van der Waals surface area (Å²) in [5.74, 6) is -4.28. The summed E-state index contributed by atoms with van der Waals surface area (Å²) < 4.78 is 40.3. The predicted molar refractivity (Wildman–Crippen MR) is 83.6 cm³/mol. The molecular weight excluding hydrogens is 325 g/mol. The molecule has 0 spiro atoms. The maximum Gasteiger partial charge on any atom is 0.248 e. The second-order valence-corrected chi connectivity index (χ2v) is 5.65. The van der Waals surface area contributed by atoms with Gasteiger partial charge in [0.25, 0.3) is 0 Å². The molecule has 3 nitrogen and oxygen atoms in total. The van der Waals surface area contributed by atoms with Crippen LogP contribution in [0.1, 0.15) is 5.01 Å². The summed E-state index contributed by atoms with van der Waals surface area (Å²) in [6, 6.07) is 8.46. The molecule has 7 heteroatoms. The summed E-state index contributed by atoms with van der Waals surface area (Å²) in [6.07, 6.45) is 2.62. The third kappa shape index (κ3) is 3.40. The number of nitrogens with one attached hydrogen (secondary N) is 1. The number of carbonyl (C=O) groups excluding carboxylic acids is 1. The summed E-state index contributed by atoms with van der Waals surface area (Å²) in [5, 5.41) is 2.76. The molecule has 0 unspecified atom stereocenters. The number of para-hydroxylation sites is 1. The molecule has 0 saturated heterocycles. The number of anilines is 1. The zero-order valence-electron chi connectivity index (χ0n) is 11.5. The third-order valence-corrected chi connectivity index (χ3v) is 3.96.